The van der Waals surface area contributed by atoms with Gasteiger partial charge in [-0.15, -0.1) is 0 Å². The van der Waals surface area contributed by atoms with Crippen LogP contribution in [-0.2, 0) is 6.42 Å². The molecule has 0 bridgehead atoms. The van der Waals surface area contributed by atoms with E-state index in [4.69, 9.17) is 0 Å². The van der Waals surface area contributed by atoms with Gasteiger partial charge in [-0.2, -0.15) is 0 Å². The Morgan fingerprint density at radius 2 is 2.00 bits per heavy atom. The molecule has 1 atom stereocenters. The van der Waals surface area contributed by atoms with Crippen molar-refractivity contribution >= 4 is 0 Å². The van der Waals surface area contributed by atoms with E-state index >= 15 is 0 Å². The van der Waals surface area contributed by atoms with E-state index < -0.39 is 0 Å². The molecule has 2 aliphatic rings. The fraction of sp³-hybridized carbons (Fsp3) is 0.647. The Morgan fingerprint density at radius 3 is 2.78 bits per heavy atom. The number of hydrogen-bond acceptors (Lipinski definition) is 1. The number of hydrogen-bond donors (Lipinski definition) is 1. The summed E-state index contributed by atoms with van der Waals surface area (Å²) in [5.74, 6) is 1.07. The predicted molar refractivity (Wildman–Crippen MR) is 76.6 cm³/mol. The molecule has 1 fully saturated rings. The molecule has 2 aliphatic carbocycles. The monoisotopic (exact) mass is 243 g/mol. The minimum Gasteiger partial charge on any atom is -0.309 e. The van der Waals surface area contributed by atoms with Crippen molar-refractivity contribution in [3.8, 4) is 0 Å². The highest BCUT2D eigenvalue weighted by molar-refractivity contribution is 5.37. The molecular weight excluding hydrogens is 218 g/mol. The van der Waals surface area contributed by atoms with Crippen molar-refractivity contribution in [3.05, 3.63) is 35.4 Å². The molecule has 1 N–H and O–H groups in total. The number of rotatable bonds is 5. The molecule has 1 heteroatoms. The van der Waals surface area contributed by atoms with Crippen LogP contribution in [0.15, 0.2) is 24.3 Å². The topological polar surface area (TPSA) is 12.0 Å². The van der Waals surface area contributed by atoms with Crippen molar-refractivity contribution in [1.29, 1.82) is 0 Å². The lowest BCUT2D eigenvalue weighted by Gasteiger charge is -2.28. The molecule has 3 rings (SSSR count). The molecule has 0 aliphatic heterocycles. The van der Waals surface area contributed by atoms with E-state index in [1.807, 2.05) is 0 Å². The Hall–Kier alpha value is -0.820. The van der Waals surface area contributed by atoms with Crippen molar-refractivity contribution in [2.75, 3.05) is 6.54 Å². The minimum absolute atomic E-state index is 0.364. The zero-order valence-corrected chi connectivity index (χ0v) is 11.7. The Bertz CT molecular complexity index is 417. The minimum atomic E-state index is 0.364. The maximum atomic E-state index is 3.81. The van der Waals surface area contributed by atoms with Crippen LogP contribution in [0.1, 0.15) is 56.7 Å². The normalized spacial score (nSPS) is 25.1. The third-order valence-corrected chi connectivity index (χ3v) is 4.63. The quantitative estimate of drug-likeness (QED) is 0.768. The maximum Gasteiger partial charge on any atom is 0.0377 e. The van der Waals surface area contributed by atoms with Gasteiger partial charge < -0.3 is 5.32 Å². The molecule has 0 amide bonds. The van der Waals surface area contributed by atoms with Crippen LogP contribution in [0.3, 0.4) is 0 Å². The first-order valence-electron chi connectivity index (χ1n) is 7.48. The third-order valence-electron chi connectivity index (χ3n) is 4.63. The van der Waals surface area contributed by atoms with Crippen molar-refractivity contribution in [1.82, 2.24) is 5.32 Å². The van der Waals surface area contributed by atoms with Gasteiger partial charge in [0.1, 0.15) is 0 Å². The highest BCUT2D eigenvalue weighted by Crippen LogP contribution is 2.45. The second-order valence-electron chi connectivity index (χ2n) is 6.84. The maximum absolute atomic E-state index is 3.81. The molecule has 1 aromatic rings. The van der Waals surface area contributed by atoms with Gasteiger partial charge in [0.2, 0.25) is 0 Å². The number of fused-ring (bicyclic) bond motifs is 1. The molecule has 1 unspecified atom stereocenters. The van der Waals surface area contributed by atoms with Crippen molar-refractivity contribution in [3.63, 3.8) is 0 Å². The molecule has 0 spiro atoms. The van der Waals surface area contributed by atoms with Gasteiger partial charge >= 0.3 is 0 Å². The first-order chi connectivity index (χ1) is 8.67. The van der Waals surface area contributed by atoms with Crippen molar-refractivity contribution in [2.24, 2.45) is 11.3 Å². The average Bonchev–Trinajstić information content (AvgIpc) is 3.10. The van der Waals surface area contributed by atoms with Gasteiger partial charge in [-0.05, 0) is 48.3 Å². The summed E-state index contributed by atoms with van der Waals surface area (Å²) < 4.78 is 0. The van der Waals surface area contributed by atoms with Gasteiger partial charge in [0.15, 0.2) is 0 Å². The molecule has 0 aromatic heterocycles. The van der Waals surface area contributed by atoms with Crippen LogP contribution < -0.4 is 5.32 Å². The Labute approximate surface area is 111 Å². The van der Waals surface area contributed by atoms with E-state index in [0.717, 1.165) is 5.92 Å². The molecule has 1 aromatic carbocycles. The summed E-state index contributed by atoms with van der Waals surface area (Å²) in [6.07, 6.45) is 6.96. The standard InChI is InChI=1S/C17H25N/c1-17(2)12-14-7-3-4-8-15(14)16(17)18-11-5-6-13-9-10-13/h3-4,7-8,13,16,18H,5-6,9-12H2,1-2H3. The van der Waals surface area contributed by atoms with Crippen LogP contribution in [-0.4, -0.2) is 6.54 Å². The van der Waals surface area contributed by atoms with E-state index in [1.54, 1.807) is 5.56 Å². The lowest BCUT2D eigenvalue weighted by Crippen LogP contribution is -2.31. The summed E-state index contributed by atoms with van der Waals surface area (Å²) in [4.78, 5) is 0. The third kappa shape index (κ3) is 2.47. The molecule has 1 saturated carbocycles. The van der Waals surface area contributed by atoms with Crippen LogP contribution >= 0.6 is 0 Å². The molecule has 1 nitrogen and oxygen atoms in total. The van der Waals surface area contributed by atoms with Gasteiger partial charge in [0.05, 0.1) is 0 Å². The molecular formula is C17H25N. The second-order valence-corrected chi connectivity index (χ2v) is 6.84. The molecule has 18 heavy (non-hydrogen) atoms. The van der Waals surface area contributed by atoms with Gasteiger partial charge in [0.25, 0.3) is 0 Å². The van der Waals surface area contributed by atoms with Gasteiger partial charge in [-0.25, -0.2) is 0 Å². The zero-order chi connectivity index (χ0) is 12.6. The highest BCUT2D eigenvalue weighted by Gasteiger charge is 2.38. The summed E-state index contributed by atoms with van der Waals surface area (Å²) in [6.45, 7) is 5.97. The molecule has 0 saturated heterocycles. The molecule has 0 heterocycles. The van der Waals surface area contributed by atoms with Crippen LogP contribution in [0.2, 0.25) is 0 Å². The van der Waals surface area contributed by atoms with Gasteiger partial charge in [-0.3, -0.25) is 0 Å². The van der Waals surface area contributed by atoms with Crippen LogP contribution in [0.5, 0.6) is 0 Å². The zero-order valence-electron chi connectivity index (χ0n) is 11.7. The van der Waals surface area contributed by atoms with Gasteiger partial charge in [0, 0.05) is 6.04 Å². The Kier molecular flexibility index (Phi) is 3.19. The Morgan fingerprint density at radius 1 is 1.22 bits per heavy atom. The second kappa shape index (κ2) is 4.70. The SMILES string of the molecule is CC1(C)Cc2ccccc2C1NCCCC1CC1. The van der Waals surface area contributed by atoms with Crippen LogP contribution in [0.4, 0.5) is 0 Å². The summed E-state index contributed by atoms with van der Waals surface area (Å²) >= 11 is 0. The molecule has 0 radical (unpaired) electrons. The highest BCUT2D eigenvalue weighted by atomic mass is 14.9. The fourth-order valence-corrected chi connectivity index (χ4v) is 3.42. The van der Waals surface area contributed by atoms with E-state index in [1.165, 1.54) is 44.2 Å². The van der Waals surface area contributed by atoms with E-state index in [2.05, 4.69) is 43.4 Å². The smallest absolute Gasteiger partial charge is 0.0377 e. The van der Waals surface area contributed by atoms with E-state index in [9.17, 15) is 0 Å². The average molecular weight is 243 g/mol. The van der Waals surface area contributed by atoms with Crippen molar-refractivity contribution in [2.45, 2.75) is 52.0 Å². The van der Waals surface area contributed by atoms with E-state index in [0.29, 0.717) is 11.5 Å². The predicted octanol–water partition coefficient (Wildman–Crippen LogP) is 4.09. The lowest BCUT2D eigenvalue weighted by atomic mass is 9.85. The summed E-state index contributed by atoms with van der Waals surface area (Å²) in [5, 5.41) is 3.81. The first kappa shape index (κ1) is 12.2. The lowest BCUT2D eigenvalue weighted by molar-refractivity contribution is 0.268. The summed E-state index contributed by atoms with van der Waals surface area (Å²) in [7, 11) is 0. The molecule has 98 valence electrons. The fourth-order valence-electron chi connectivity index (χ4n) is 3.42. The van der Waals surface area contributed by atoms with Gasteiger partial charge in [-0.1, -0.05) is 51.0 Å². The van der Waals surface area contributed by atoms with Crippen molar-refractivity contribution < 1.29 is 0 Å². The number of nitrogens with one attached hydrogen (secondary N) is 1. The van der Waals surface area contributed by atoms with Crippen LogP contribution in [0.25, 0.3) is 0 Å². The summed E-state index contributed by atoms with van der Waals surface area (Å²) in [6, 6.07) is 9.50. The number of benzene rings is 1. The van der Waals surface area contributed by atoms with Crippen LogP contribution in [0, 0.1) is 11.3 Å². The first-order valence-corrected chi connectivity index (χ1v) is 7.48. The Balaban J connectivity index is 1.61. The largest absolute Gasteiger partial charge is 0.309 e. The van der Waals surface area contributed by atoms with E-state index in [-0.39, 0.29) is 0 Å². The summed E-state index contributed by atoms with van der Waals surface area (Å²) in [5.41, 5.74) is 3.44.